The van der Waals surface area contributed by atoms with Crippen LogP contribution in [-0.2, 0) is 20.7 Å². The van der Waals surface area contributed by atoms with E-state index in [9.17, 15) is 8.42 Å². The molecule has 0 atom stereocenters. The van der Waals surface area contributed by atoms with Crippen molar-refractivity contribution in [3.63, 3.8) is 0 Å². The van der Waals surface area contributed by atoms with E-state index < -0.39 is 16.9 Å². The van der Waals surface area contributed by atoms with Crippen LogP contribution in [0.2, 0.25) is 0 Å². The Labute approximate surface area is 96.0 Å². The molecule has 1 aromatic rings. The number of hydrogen-bond donors (Lipinski definition) is 1. The second kappa shape index (κ2) is 5.43. The third kappa shape index (κ3) is 3.04. The van der Waals surface area contributed by atoms with Gasteiger partial charge in [-0.2, -0.15) is 8.42 Å². The average molecular weight is 244 g/mol. The normalized spacial score (nSPS) is 11.7. The summed E-state index contributed by atoms with van der Waals surface area (Å²) in [6, 6.07) is 5.06. The molecule has 0 amide bonds. The molecule has 0 heterocycles. The number of aliphatic hydroxyl groups is 1. The minimum atomic E-state index is -3.83. The van der Waals surface area contributed by atoms with E-state index in [0.717, 1.165) is 17.5 Å². The topological polar surface area (TPSA) is 63.6 Å². The van der Waals surface area contributed by atoms with Gasteiger partial charge in [-0.25, -0.2) is 4.18 Å². The second-order valence-electron chi connectivity index (χ2n) is 3.56. The van der Waals surface area contributed by atoms with Gasteiger partial charge in [0, 0.05) is 0 Å². The number of rotatable bonds is 5. The minimum Gasteiger partial charge on any atom is -0.369 e. The molecule has 1 aromatic carbocycles. The lowest BCUT2D eigenvalue weighted by molar-refractivity contribution is 0.105. The summed E-state index contributed by atoms with van der Waals surface area (Å²) >= 11 is 0. The maximum absolute atomic E-state index is 11.7. The Bertz CT molecular complexity index is 451. The Kier molecular flexibility index (Phi) is 4.46. The first-order valence-electron chi connectivity index (χ1n) is 5.11. The van der Waals surface area contributed by atoms with Gasteiger partial charge in [-0.3, -0.25) is 0 Å². The lowest BCUT2D eigenvalue weighted by Crippen LogP contribution is -2.10. The van der Waals surface area contributed by atoms with Crippen molar-refractivity contribution in [2.24, 2.45) is 0 Å². The number of benzene rings is 1. The summed E-state index contributed by atoms with van der Waals surface area (Å²) in [6.45, 7) is 3.05. The van der Waals surface area contributed by atoms with Crippen LogP contribution in [0, 0.1) is 6.92 Å². The summed E-state index contributed by atoms with van der Waals surface area (Å²) in [6.07, 6.45) is 1.52. The highest BCUT2D eigenvalue weighted by atomic mass is 32.2. The molecule has 0 aromatic heterocycles. The van der Waals surface area contributed by atoms with Crippen molar-refractivity contribution in [3.05, 3.63) is 29.3 Å². The van der Waals surface area contributed by atoms with Gasteiger partial charge in [0.15, 0.2) is 6.79 Å². The van der Waals surface area contributed by atoms with E-state index in [0.29, 0.717) is 6.42 Å². The van der Waals surface area contributed by atoms with Crippen molar-refractivity contribution >= 4 is 10.1 Å². The first-order valence-corrected chi connectivity index (χ1v) is 6.52. The van der Waals surface area contributed by atoms with E-state index in [1.165, 1.54) is 6.07 Å². The highest BCUT2D eigenvalue weighted by Gasteiger charge is 2.18. The van der Waals surface area contributed by atoms with Gasteiger partial charge in [-0.15, -0.1) is 0 Å². The molecule has 0 aliphatic carbocycles. The number of aryl methyl sites for hydroxylation is 2. The Morgan fingerprint density at radius 3 is 2.62 bits per heavy atom. The molecule has 0 bridgehead atoms. The van der Waals surface area contributed by atoms with Gasteiger partial charge in [0.2, 0.25) is 0 Å². The molecule has 0 spiro atoms. The predicted molar refractivity (Wildman–Crippen MR) is 60.5 cm³/mol. The van der Waals surface area contributed by atoms with Crippen molar-refractivity contribution in [1.29, 1.82) is 0 Å². The summed E-state index contributed by atoms with van der Waals surface area (Å²) in [5, 5.41) is 8.54. The molecular formula is C11H16O4S. The molecule has 0 radical (unpaired) electrons. The van der Waals surface area contributed by atoms with Crippen molar-refractivity contribution < 1.29 is 17.7 Å². The first kappa shape index (κ1) is 13.2. The predicted octanol–water partition coefficient (Wildman–Crippen LogP) is 1.60. The molecule has 0 saturated heterocycles. The van der Waals surface area contributed by atoms with Gasteiger partial charge in [0.05, 0.1) is 4.90 Å². The van der Waals surface area contributed by atoms with Crippen LogP contribution in [0.4, 0.5) is 0 Å². The van der Waals surface area contributed by atoms with Crippen molar-refractivity contribution in [1.82, 2.24) is 0 Å². The van der Waals surface area contributed by atoms with Gasteiger partial charge < -0.3 is 5.11 Å². The van der Waals surface area contributed by atoms with E-state index in [1.54, 1.807) is 6.07 Å². The van der Waals surface area contributed by atoms with Crippen molar-refractivity contribution in [3.8, 4) is 0 Å². The lowest BCUT2D eigenvalue weighted by Gasteiger charge is -2.09. The van der Waals surface area contributed by atoms with Gasteiger partial charge >= 0.3 is 0 Å². The zero-order valence-electron chi connectivity index (χ0n) is 9.43. The minimum absolute atomic E-state index is 0.147. The fraction of sp³-hybridized carbons (Fsp3) is 0.455. The van der Waals surface area contributed by atoms with Crippen LogP contribution < -0.4 is 0 Å². The van der Waals surface area contributed by atoms with E-state index in [2.05, 4.69) is 4.18 Å². The second-order valence-corrected chi connectivity index (χ2v) is 5.15. The van der Waals surface area contributed by atoms with Crippen LogP contribution in [0.25, 0.3) is 0 Å². The Morgan fingerprint density at radius 1 is 1.38 bits per heavy atom. The lowest BCUT2D eigenvalue weighted by atomic mass is 10.1. The van der Waals surface area contributed by atoms with Crippen LogP contribution in [0.3, 0.4) is 0 Å². The van der Waals surface area contributed by atoms with Crippen LogP contribution in [-0.4, -0.2) is 20.3 Å². The van der Waals surface area contributed by atoms with E-state index in [-0.39, 0.29) is 4.90 Å². The molecule has 1 N–H and O–H groups in total. The molecule has 0 aliphatic rings. The third-order valence-electron chi connectivity index (χ3n) is 2.21. The molecular weight excluding hydrogens is 228 g/mol. The largest absolute Gasteiger partial charge is 0.369 e. The van der Waals surface area contributed by atoms with Gasteiger partial charge in [-0.05, 0) is 25.0 Å². The maximum atomic E-state index is 11.7. The highest BCUT2D eigenvalue weighted by Crippen LogP contribution is 2.20. The SMILES string of the molecule is CCCc1cc(C)ccc1S(=O)(=O)OCO. The Morgan fingerprint density at radius 2 is 2.06 bits per heavy atom. The van der Waals surface area contributed by atoms with Crippen molar-refractivity contribution in [2.75, 3.05) is 6.79 Å². The summed E-state index contributed by atoms with van der Waals surface area (Å²) in [5.74, 6) is 0. The fourth-order valence-electron chi connectivity index (χ4n) is 1.55. The maximum Gasteiger partial charge on any atom is 0.299 e. The van der Waals surface area contributed by atoms with Gasteiger partial charge in [0.1, 0.15) is 0 Å². The summed E-state index contributed by atoms with van der Waals surface area (Å²) in [5.41, 5.74) is 1.74. The molecule has 16 heavy (non-hydrogen) atoms. The van der Waals surface area contributed by atoms with Gasteiger partial charge in [-0.1, -0.05) is 31.0 Å². The average Bonchev–Trinajstić information content (AvgIpc) is 2.17. The van der Waals surface area contributed by atoms with Crippen LogP contribution in [0.15, 0.2) is 23.1 Å². The molecule has 5 heteroatoms. The quantitative estimate of drug-likeness (QED) is 0.631. The number of hydrogen-bond acceptors (Lipinski definition) is 4. The standard InChI is InChI=1S/C11H16O4S/c1-3-4-10-7-9(2)5-6-11(10)16(13,14)15-8-12/h5-7,12H,3-4,8H2,1-2H3. The summed E-state index contributed by atoms with van der Waals surface area (Å²) in [4.78, 5) is 0.147. The third-order valence-corrected chi connectivity index (χ3v) is 3.57. The van der Waals surface area contributed by atoms with E-state index >= 15 is 0 Å². The molecule has 1 rings (SSSR count). The van der Waals surface area contributed by atoms with Crippen molar-refractivity contribution in [2.45, 2.75) is 31.6 Å². The zero-order valence-corrected chi connectivity index (χ0v) is 10.3. The van der Waals surface area contributed by atoms with Crippen LogP contribution in [0.5, 0.6) is 0 Å². The zero-order chi connectivity index (χ0) is 12.2. The number of aliphatic hydroxyl groups excluding tert-OH is 1. The first-order chi connectivity index (χ1) is 7.51. The fourth-order valence-corrected chi connectivity index (χ4v) is 2.53. The summed E-state index contributed by atoms with van der Waals surface area (Å²) < 4.78 is 27.7. The molecule has 0 fully saturated rings. The smallest absolute Gasteiger partial charge is 0.299 e. The Balaban J connectivity index is 3.22. The summed E-state index contributed by atoms with van der Waals surface area (Å²) in [7, 11) is -3.83. The molecule has 0 unspecified atom stereocenters. The van der Waals surface area contributed by atoms with Crippen LogP contribution in [0.1, 0.15) is 24.5 Å². The van der Waals surface area contributed by atoms with Crippen LogP contribution >= 0.6 is 0 Å². The monoisotopic (exact) mass is 244 g/mol. The van der Waals surface area contributed by atoms with E-state index in [1.807, 2.05) is 19.9 Å². The molecule has 0 aliphatic heterocycles. The molecule has 4 nitrogen and oxygen atoms in total. The Hall–Kier alpha value is -0.910. The molecule has 0 saturated carbocycles. The molecule has 90 valence electrons. The van der Waals surface area contributed by atoms with E-state index in [4.69, 9.17) is 5.11 Å². The van der Waals surface area contributed by atoms with Gasteiger partial charge in [0.25, 0.3) is 10.1 Å². The highest BCUT2D eigenvalue weighted by molar-refractivity contribution is 7.86.